The summed E-state index contributed by atoms with van der Waals surface area (Å²) in [5, 5.41) is 16.8. The fraction of sp³-hybridized carbons (Fsp3) is 0.0476. The molecule has 3 aromatic rings. The molecule has 0 radical (unpaired) electrons. The first-order valence-electron chi connectivity index (χ1n) is 9.12. The van der Waals surface area contributed by atoms with Crippen LogP contribution in [0, 0.1) is 10.1 Å². The van der Waals surface area contributed by atoms with Gasteiger partial charge >= 0.3 is 5.97 Å². The Balaban J connectivity index is 1.46. The van der Waals surface area contributed by atoms with E-state index >= 15 is 0 Å². The summed E-state index contributed by atoms with van der Waals surface area (Å²) in [6, 6.07) is 14.3. The van der Waals surface area contributed by atoms with Crippen LogP contribution in [0.2, 0.25) is 0 Å². The van der Waals surface area contributed by atoms with Gasteiger partial charge in [-0.1, -0.05) is 0 Å². The Labute approximate surface area is 180 Å². The lowest BCUT2D eigenvalue weighted by molar-refractivity contribution is -0.384. The van der Waals surface area contributed by atoms with Crippen LogP contribution in [0.1, 0.15) is 26.5 Å². The molecule has 2 aromatic carbocycles. The Morgan fingerprint density at radius 1 is 1.06 bits per heavy atom. The minimum Gasteiger partial charge on any atom is -0.459 e. The maximum Gasteiger partial charge on any atom is 0.343 e. The number of ether oxygens (including phenoxy) is 1. The number of nitro benzene ring substituents is 1. The molecule has 0 saturated carbocycles. The highest BCUT2D eigenvalue weighted by Gasteiger charge is 2.12. The van der Waals surface area contributed by atoms with E-state index in [1.165, 1.54) is 54.9 Å². The van der Waals surface area contributed by atoms with E-state index < -0.39 is 22.7 Å². The number of hydrazone groups is 1. The fourth-order valence-electron chi connectivity index (χ4n) is 2.38. The van der Waals surface area contributed by atoms with Gasteiger partial charge < -0.3 is 14.5 Å². The van der Waals surface area contributed by atoms with Crippen LogP contribution in [0.15, 0.2) is 76.4 Å². The molecule has 0 atom stereocenters. The molecule has 11 nitrogen and oxygen atoms in total. The third-order valence-electron chi connectivity index (χ3n) is 3.96. The summed E-state index contributed by atoms with van der Waals surface area (Å²) in [7, 11) is 0. The zero-order chi connectivity index (χ0) is 22.9. The lowest BCUT2D eigenvalue weighted by Crippen LogP contribution is -2.34. The molecule has 1 heterocycles. The highest BCUT2D eigenvalue weighted by Crippen LogP contribution is 2.16. The van der Waals surface area contributed by atoms with E-state index in [-0.39, 0.29) is 29.3 Å². The topological polar surface area (TPSA) is 153 Å². The number of furan rings is 1. The Bertz CT molecular complexity index is 1140. The molecule has 0 fully saturated rings. The van der Waals surface area contributed by atoms with Gasteiger partial charge in [0.05, 0.1) is 29.5 Å². The monoisotopic (exact) mass is 436 g/mol. The van der Waals surface area contributed by atoms with Crippen LogP contribution in [0.3, 0.4) is 0 Å². The number of nitrogens with one attached hydrogen (secondary N) is 2. The zero-order valence-corrected chi connectivity index (χ0v) is 16.4. The number of nitro groups is 1. The summed E-state index contributed by atoms with van der Waals surface area (Å²) in [6.07, 6.45) is 2.72. The number of amides is 2. The van der Waals surface area contributed by atoms with E-state index in [9.17, 15) is 24.5 Å². The predicted molar refractivity (Wildman–Crippen MR) is 111 cm³/mol. The van der Waals surface area contributed by atoms with Crippen molar-refractivity contribution in [2.24, 2.45) is 5.10 Å². The highest BCUT2D eigenvalue weighted by molar-refractivity contribution is 5.94. The van der Waals surface area contributed by atoms with E-state index in [1.807, 2.05) is 0 Å². The molecule has 0 aliphatic carbocycles. The van der Waals surface area contributed by atoms with Crippen molar-refractivity contribution in [3.05, 3.63) is 93.9 Å². The zero-order valence-electron chi connectivity index (χ0n) is 16.4. The van der Waals surface area contributed by atoms with Crippen molar-refractivity contribution in [3.8, 4) is 5.75 Å². The molecule has 0 aliphatic rings. The molecule has 0 unspecified atom stereocenters. The van der Waals surface area contributed by atoms with Crippen molar-refractivity contribution in [2.75, 3.05) is 6.54 Å². The lowest BCUT2D eigenvalue weighted by Gasteiger charge is -2.04. The summed E-state index contributed by atoms with van der Waals surface area (Å²) < 4.78 is 10.1. The second-order valence-electron chi connectivity index (χ2n) is 6.22. The van der Waals surface area contributed by atoms with Crippen molar-refractivity contribution in [3.63, 3.8) is 0 Å². The molecule has 0 saturated heterocycles. The molecule has 0 spiro atoms. The van der Waals surface area contributed by atoms with E-state index in [0.717, 1.165) is 0 Å². The van der Waals surface area contributed by atoms with Gasteiger partial charge in [-0.05, 0) is 54.1 Å². The molecule has 0 bridgehead atoms. The minimum atomic E-state index is -0.662. The average molecular weight is 436 g/mol. The molecular formula is C21H16N4O7. The maximum atomic E-state index is 12.1. The first kappa shape index (κ1) is 21.9. The number of non-ortho nitro benzene ring substituents is 1. The predicted octanol–water partition coefficient (Wildman–Crippen LogP) is 2.29. The number of carbonyl (C=O) groups excluding carboxylic acids is 3. The molecule has 0 aliphatic heterocycles. The number of benzene rings is 2. The molecule has 2 N–H and O–H groups in total. The molecule has 1 aromatic heterocycles. The van der Waals surface area contributed by atoms with Crippen molar-refractivity contribution in [1.29, 1.82) is 0 Å². The van der Waals surface area contributed by atoms with Gasteiger partial charge in [-0.3, -0.25) is 19.7 Å². The van der Waals surface area contributed by atoms with Crippen molar-refractivity contribution < 1.29 is 28.5 Å². The SMILES string of the molecule is O=C(CNC(=O)c1ccco1)N/N=C\c1ccc(OC(=O)c2ccc([N+](=O)[O-])cc2)cc1. The molecule has 11 heteroatoms. The average Bonchev–Trinajstić information content (AvgIpc) is 3.34. The van der Waals surface area contributed by atoms with Gasteiger partial charge in [0.15, 0.2) is 5.76 Å². The quantitative estimate of drug-likeness (QED) is 0.181. The summed E-state index contributed by atoms with van der Waals surface area (Å²) in [5.41, 5.74) is 2.92. The second kappa shape index (κ2) is 10.3. The number of nitrogens with zero attached hydrogens (tertiary/aromatic N) is 2. The molecule has 3 rings (SSSR count). The van der Waals surface area contributed by atoms with Crippen LogP contribution in [-0.2, 0) is 4.79 Å². The minimum absolute atomic E-state index is 0.0932. The normalized spacial score (nSPS) is 10.5. The largest absolute Gasteiger partial charge is 0.459 e. The first-order valence-corrected chi connectivity index (χ1v) is 9.12. The number of hydrogen-bond donors (Lipinski definition) is 2. The van der Waals surface area contributed by atoms with Crippen LogP contribution in [0.25, 0.3) is 0 Å². The highest BCUT2D eigenvalue weighted by atomic mass is 16.6. The van der Waals surface area contributed by atoms with Gasteiger partial charge in [0.25, 0.3) is 17.5 Å². The van der Waals surface area contributed by atoms with Crippen LogP contribution in [-0.4, -0.2) is 35.5 Å². The van der Waals surface area contributed by atoms with E-state index in [0.29, 0.717) is 5.56 Å². The Morgan fingerprint density at radius 2 is 1.78 bits per heavy atom. The van der Waals surface area contributed by atoms with Gasteiger partial charge in [-0.2, -0.15) is 5.10 Å². The smallest absolute Gasteiger partial charge is 0.343 e. The van der Waals surface area contributed by atoms with Crippen molar-refractivity contribution >= 4 is 29.7 Å². The van der Waals surface area contributed by atoms with Crippen LogP contribution in [0.5, 0.6) is 5.75 Å². The fourth-order valence-corrected chi connectivity index (χ4v) is 2.38. The Hall–Kier alpha value is -4.80. The maximum absolute atomic E-state index is 12.1. The molecule has 2 amide bonds. The van der Waals surface area contributed by atoms with Gasteiger partial charge in [-0.25, -0.2) is 10.2 Å². The molecule has 162 valence electrons. The van der Waals surface area contributed by atoms with Crippen LogP contribution >= 0.6 is 0 Å². The summed E-state index contributed by atoms with van der Waals surface area (Å²) >= 11 is 0. The van der Waals surface area contributed by atoms with Crippen LogP contribution in [0.4, 0.5) is 5.69 Å². The third-order valence-corrected chi connectivity index (χ3v) is 3.96. The summed E-state index contributed by atoms with van der Waals surface area (Å²) in [4.78, 5) is 45.6. The number of esters is 1. The lowest BCUT2D eigenvalue weighted by atomic mass is 10.2. The molecule has 32 heavy (non-hydrogen) atoms. The number of rotatable bonds is 8. The Kier molecular flexibility index (Phi) is 7.05. The third kappa shape index (κ3) is 6.10. The van der Waals surface area contributed by atoms with Crippen LogP contribution < -0.4 is 15.5 Å². The number of carbonyl (C=O) groups is 3. The summed E-state index contributed by atoms with van der Waals surface area (Å²) in [5.74, 6) is -1.36. The van der Waals surface area contributed by atoms with Crippen molar-refractivity contribution in [2.45, 2.75) is 0 Å². The van der Waals surface area contributed by atoms with Gasteiger partial charge in [0.2, 0.25) is 0 Å². The van der Waals surface area contributed by atoms with E-state index in [1.54, 1.807) is 18.2 Å². The Morgan fingerprint density at radius 3 is 2.41 bits per heavy atom. The van der Waals surface area contributed by atoms with Crippen molar-refractivity contribution in [1.82, 2.24) is 10.7 Å². The standard InChI is InChI=1S/C21H16N4O7/c26-19(13-22-20(27)18-2-1-11-31-18)24-23-12-14-3-9-17(10-4-14)32-21(28)15-5-7-16(8-6-15)25(29)30/h1-12H,13H2,(H,22,27)(H,24,26)/b23-12-. The van der Waals surface area contributed by atoms with E-state index in [4.69, 9.17) is 9.15 Å². The van der Waals surface area contributed by atoms with Gasteiger partial charge in [-0.15, -0.1) is 0 Å². The van der Waals surface area contributed by atoms with Gasteiger partial charge in [0, 0.05) is 12.1 Å². The van der Waals surface area contributed by atoms with Gasteiger partial charge in [0.1, 0.15) is 5.75 Å². The van der Waals surface area contributed by atoms with E-state index in [2.05, 4.69) is 15.8 Å². The second-order valence-corrected chi connectivity index (χ2v) is 6.22. The summed E-state index contributed by atoms with van der Waals surface area (Å²) in [6.45, 7) is -0.283. The first-order chi connectivity index (χ1) is 15.4. The number of hydrogen-bond acceptors (Lipinski definition) is 8. The molecular weight excluding hydrogens is 420 g/mol.